The van der Waals surface area contributed by atoms with Crippen LogP contribution in [0.4, 0.5) is 36.3 Å². The lowest BCUT2D eigenvalue weighted by atomic mass is 10.3. The van der Waals surface area contributed by atoms with Gasteiger partial charge in [-0.15, -0.1) is 0 Å². The van der Waals surface area contributed by atoms with Gasteiger partial charge in [-0.1, -0.05) is 12.1 Å². The van der Waals surface area contributed by atoms with Gasteiger partial charge < -0.3 is 15.2 Å². The van der Waals surface area contributed by atoms with Gasteiger partial charge in [0.25, 0.3) is 0 Å². The van der Waals surface area contributed by atoms with Crippen molar-refractivity contribution in [1.29, 1.82) is 0 Å². The number of anilines is 4. The first-order valence-corrected chi connectivity index (χ1v) is 12.0. The number of para-hydroxylation sites is 1. The molecule has 2 N–H and O–H groups in total. The Morgan fingerprint density at radius 2 is 1.79 bits per heavy atom. The number of nitrogens with one attached hydrogen (secondary N) is 2. The van der Waals surface area contributed by atoms with E-state index in [9.17, 15) is 21.6 Å². The third kappa shape index (κ3) is 4.78. The molecule has 0 aliphatic rings. The van der Waals surface area contributed by atoms with E-state index in [1.54, 1.807) is 24.3 Å². The van der Waals surface area contributed by atoms with E-state index < -0.39 is 21.8 Å². The minimum absolute atomic E-state index is 0.104. The summed E-state index contributed by atoms with van der Waals surface area (Å²) in [5.74, 6) is -0.551. The van der Waals surface area contributed by atoms with Gasteiger partial charge in [-0.25, -0.2) is 18.4 Å². The molecule has 0 saturated carbocycles. The summed E-state index contributed by atoms with van der Waals surface area (Å²) in [6, 6.07) is 10.9. The van der Waals surface area contributed by atoms with Gasteiger partial charge in [-0.05, 0) is 46.3 Å². The molecule has 2 aromatic heterocycles. The average Bonchev–Trinajstić information content (AvgIpc) is 3.07. The van der Waals surface area contributed by atoms with Crippen LogP contribution in [-0.4, -0.2) is 34.2 Å². The second-order valence-corrected chi connectivity index (χ2v) is 9.94. The number of benzene rings is 2. The molecule has 4 rings (SSSR count). The number of rotatable bonds is 5. The van der Waals surface area contributed by atoms with Gasteiger partial charge in [0.2, 0.25) is 11.8 Å². The lowest BCUT2D eigenvalue weighted by molar-refractivity contribution is -0.146. The molecule has 0 aliphatic heterocycles. The monoisotopic (exact) mass is 540 g/mol. The van der Waals surface area contributed by atoms with E-state index in [-0.39, 0.29) is 21.9 Å². The third-order valence-corrected chi connectivity index (χ3v) is 6.41. The zero-order chi connectivity index (χ0) is 24.0. The number of hydrogen-bond donors (Lipinski definition) is 2. The summed E-state index contributed by atoms with van der Waals surface area (Å²) in [5.41, 5.74) is 1.27. The Labute approximate surface area is 194 Å². The summed E-state index contributed by atoms with van der Waals surface area (Å²) in [5, 5.41) is 5.92. The van der Waals surface area contributed by atoms with Crippen LogP contribution in [0.5, 0.6) is 0 Å². The molecule has 0 amide bonds. The zero-order valence-electron chi connectivity index (χ0n) is 17.1. The quantitative estimate of drug-likeness (QED) is 0.365. The number of halogens is 4. The summed E-state index contributed by atoms with van der Waals surface area (Å²) < 4.78 is 65.0. The molecule has 0 spiro atoms. The smallest absolute Gasteiger partial charge is 0.338 e. The summed E-state index contributed by atoms with van der Waals surface area (Å²) in [6.07, 6.45) is -2.00. The standard InChI is InChI=1S/C20H16BrF3N6O2S/c1-30-15-9-11(7-8-13(15)28-18(30)20(22,23)24)26-19-25-10-12(21)17(29-19)27-14-5-3-4-6-16(14)33(2,31)32/h3-10H,1-2H3,(H2,25,26,27,29). The van der Waals surface area contributed by atoms with Gasteiger partial charge in [0.05, 0.1) is 26.1 Å². The maximum Gasteiger partial charge on any atom is 0.449 e. The van der Waals surface area contributed by atoms with Crippen molar-refractivity contribution >= 4 is 59.9 Å². The fourth-order valence-electron chi connectivity index (χ4n) is 3.19. The molecule has 4 aromatic rings. The van der Waals surface area contributed by atoms with Crippen LogP contribution < -0.4 is 10.6 Å². The summed E-state index contributed by atoms with van der Waals surface area (Å²) in [7, 11) is -2.19. The van der Waals surface area contributed by atoms with Crippen LogP contribution in [0.3, 0.4) is 0 Å². The van der Waals surface area contributed by atoms with Crippen molar-refractivity contribution in [3.05, 3.63) is 59.0 Å². The minimum Gasteiger partial charge on any atom is -0.338 e. The maximum atomic E-state index is 13.1. The van der Waals surface area contributed by atoms with Gasteiger partial charge in [0.15, 0.2) is 9.84 Å². The van der Waals surface area contributed by atoms with E-state index >= 15 is 0 Å². The lowest BCUT2D eigenvalue weighted by Crippen LogP contribution is -2.12. The minimum atomic E-state index is -4.57. The van der Waals surface area contributed by atoms with E-state index in [4.69, 9.17) is 0 Å². The fourth-order valence-corrected chi connectivity index (χ4v) is 4.32. The van der Waals surface area contributed by atoms with Crippen molar-refractivity contribution in [2.24, 2.45) is 7.05 Å². The first kappa shape index (κ1) is 23.0. The van der Waals surface area contributed by atoms with Crippen LogP contribution >= 0.6 is 15.9 Å². The Bertz CT molecular complexity index is 1470. The molecule has 2 aromatic carbocycles. The van der Waals surface area contributed by atoms with Gasteiger partial charge >= 0.3 is 6.18 Å². The molecular formula is C20H16BrF3N6O2S. The largest absolute Gasteiger partial charge is 0.449 e. The van der Waals surface area contributed by atoms with Gasteiger partial charge in [-0.3, -0.25) is 0 Å². The number of imidazole rings is 1. The average molecular weight is 541 g/mol. The van der Waals surface area contributed by atoms with Gasteiger partial charge in [-0.2, -0.15) is 18.2 Å². The molecule has 0 bridgehead atoms. The number of fused-ring (bicyclic) bond motifs is 1. The zero-order valence-corrected chi connectivity index (χ0v) is 19.5. The van der Waals surface area contributed by atoms with Crippen molar-refractivity contribution in [3.8, 4) is 0 Å². The van der Waals surface area contributed by atoms with Crippen LogP contribution in [0.2, 0.25) is 0 Å². The third-order valence-electron chi connectivity index (χ3n) is 4.67. The molecule has 0 unspecified atom stereocenters. The fraction of sp³-hybridized carbons (Fsp3) is 0.150. The molecule has 0 saturated heterocycles. The second-order valence-electron chi connectivity index (χ2n) is 7.10. The highest BCUT2D eigenvalue weighted by atomic mass is 79.9. The maximum absolute atomic E-state index is 13.1. The predicted octanol–water partition coefficient (Wildman–Crippen LogP) is 5.04. The Balaban J connectivity index is 1.65. The van der Waals surface area contributed by atoms with Crippen LogP contribution in [-0.2, 0) is 23.1 Å². The number of nitrogens with zero attached hydrogens (tertiary/aromatic N) is 4. The van der Waals surface area contributed by atoms with Gasteiger partial charge in [0.1, 0.15) is 5.82 Å². The van der Waals surface area contributed by atoms with Crippen molar-refractivity contribution in [2.45, 2.75) is 11.1 Å². The number of aromatic nitrogens is 4. The Kier molecular flexibility index (Phi) is 5.78. The molecule has 0 aliphatic carbocycles. The van der Waals surface area contributed by atoms with E-state index in [1.807, 2.05) is 0 Å². The predicted molar refractivity (Wildman–Crippen MR) is 122 cm³/mol. The molecule has 8 nitrogen and oxygen atoms in total. The highest BCUT2D eigenvalue weighted by molar-refractivity contribution is 9.10. The molecule has 13 heteroatoms. The van der Waals surface area contributed by atoms with E-state index in [0.29, 0.717) is 21.7 Å². The molecule has 172 valence electrons. The normalized spacial score (nSPS) is 12.2. The number of aryl methyl sites for hydroxylation is 1. The van der Waals surface area contributed by atoms with Crippen molar-refractivity contribution in [1.82, 2.24) is 19.5 Å². The van der Waals surface area contributed by atoms with Crippen LogP contribution in [0.25, 0.3) is 11.0 Å². The van der Waals surface area contributed by atoms with E-state index in [0.717, 1.165) is 10.8 Å². The Morgan fingerprint density at radius 1 is 1.06 bits per heavy atom. The summed E-state index contributed by atoms with van der Waals surface area (Å²) in [4.78, 5) is 12.3. The highest BCUT2D eigenvalue weighted by Gasteiger charge is 2.36. The van der Waals surface area contributed by atoms with Crippen molar-refractivity contribution in [2.75, 3.05) is 16.9 Å². The second kappa shape index (κ2) is 8.30. The molecule has 0 fully saturated rings. The SMILES string of the molecule is Cn1c(C(F)(F)F)nc2ccc(Nc3ncc(Br)c(Nc4ccccc4S(C)(=O)=O)n3)cc21. The number of hydrogen-bond acceptors (Lipinski definition) is 7. The number of alkyl halides is 3. The Hall–Kier alpha value is -3.19. The first-order valence-electron chi connectivity index (χ1n) is 9.33. The van der Waals surface area contributed by atoms with Gasteiger partial charge in [0, 0.05) is 25.2 Å². The molecule has 0 atom stereocenters. The van der Waals surface area contributed by atoms with E-state index in [1.165, 1.54) is 31.4 Å². The first-order chi connectivity index (χ1) is 15.4. The van der Waals surface area contributed by atoms with Crippen molar-refractivity contribution in [3.63, 3.8) is 0 Å². The Morgan fingerprint density at radius 3 is 2.48 bits per heavy atom. The summed E-state index contributed by atoms with van der Waals surface area (Å²) in [6.45, 7) is 0. The van der Waals surface area contributed by atoms with E-state index in [2.05, 4.69) is 41.5 Å². The topological polar surface area (TPSA) is 102 Å². The highest BCUT2D eigenvalue weighted by Crippen LogP contribution is 2.32. The molecule has 0 radical (unpaired) electrons. The van der Waals surface area contributed by atoms with Crippen LogP contribution in [0.15, 0.2) is 58.0 Å². The van der Waals surface area contributed by atoms with Crippen LogP contribution in [0, 0.1) is 0 Å². The lowest BCUT2D eigenvalue weighted by Gasteiger charge is -2.13. The van der Waals surface area contributed by atoms with Crippen LogP contribution in [0.1, 0.15) is 5.82 Å². The molecule has 33 heavy (non-hydrogen) atoms. The molecule has 2 heterocycles. The van der Waals surface area contributed by atoms with Crippen molar-refractivity contribution < 1.29 is 21.6 Å². The molecular weight excluding hydrogens is 525 g/mol. The number of sulfone groups is 1. The summed E-state index contributed by atoms with van der Waals surface area (Å²) >= 11 is 3.33.